The number of nitrogens with zero attached hydrogens (tertiary/aromatic N) is 1. The molecule has 1 aromatic heterocycles. The molecule has 0 fully saturated rings. The minimum atomic E-state index is -0.482. The molecule has 6 nitrogen and oxygen atoms in total. The first kappa shape index (κ1) is 17.5. The highest BCUT2D eigenvalue weighted by molar-refractivity contribution is 5.93. The molecule has 0 saturated heterocycles. The van der Waals surface area contributed by atoms with Gasteiger partial charge in [-0.2, -0.15) is 0 Å². The number of ether oxygens (including phenoxy) is 2. The Bertz CT molecular complexity index is 681. The summed E-state index contributed by atoms with van der Waals surface area (Å²) in [7, 11) is 0. The van der Waals surface area contributed by atoms with Gasteiger partial charge in [-0.3, -0.25) is 9.78 Å². The second kappa shape index (κ2) is 8.67. The summed E-state index contributed by atoms with van der Waals surface area (Å²) in [6.45, 7) is 4.07. The van der Waals surface area contributed by atoms with E-state index in [1.165, 1.54) is 6.20 Å². The summed E-state index contributed by atoms with van der Waals surface area (Å²) in [5, 5.41) is 2.65. The van der Waals surface area contributed by atoms with Crippen molar-refractivity contribution in [3.63, 3.8) is 0 Å². The molecule has 2 rings (SSSR count). The van der Waals surface area contributed by atoms with E-state index in [0.29, 0.717) is 11.3 Å². The van der Waals surface area contributed by atoms with Crippen LogP contribution in [-0.4, -0.2) is 36.6 Å². The van der Waals surface area contributed by atoms with Crippen LogP contribution in [0.5, 0.6) is 5.75 Å². The maximum Gasteiger partial charge on any atom is 0.344 e. The first-order valence-electron chi connectivity index (χ1n) is 7.59. The van der Waals surface area contributed by atoms with Crippen molar-refractivity contribution in [3.8, 4) is 5.75 Å². The van der Waals surface area contributed by atoms with Crippen LogP contribution in [0, 0.1) is 13.8 Å². The lowest BCUT2D eigenvalue weighted by Gasteiger charge is -2.09. The Hall–Kier alpha value is -2.89. The molecule has 1 aromatic carbocycles. The summed E-state index contributed by atoms with van der Waals surface area (Å²) in [4.78, 5) is 27.2. The zero-order chi connectivity index (χ0) is 17.4. The summed E-state index contributed by atoms with van der Waals surface area (Å²) in [6.07, 6.45) is 3.06. The molecule has 0 aliphatic rings. The zero-order valence-electron chi connectivity index (χ0n) is 13.7. The summed E-state index contributed by atoms with van der Waals surface area (Å²) in [5.74, 6) is -0.107. The van der Waals surface area contributed by atoms with Gasteiger partial charge in [-0.1, -0.05) is 6.07 Å². The lowest BCUT2D eigenvalue weighted by molar-refractivity contribution is -0.145. The Balaban J connectivity index is 1.65. The van der Waals surface area contributed by atoms with E-state index in [9.17, 15) is 9.59 Å². The minimum absolute atomic E-state index is 0.0844. The highest BCUT2D eigenvalue weighted by Crippen LogP contribution is 2.16. The second-order valence-corrected chi connectivity index (χ2v) is 5.33. The van der Waals surface area contributed by atoms with Gasteiger partial charge in [0.15, 0.2) is 6.61 Å². The average molecular weight is 328 g/mol. The van der Waals surface area contributed by atoms with Crippen LogP contribution in [0.4, 0.5) is 0 Å². The van der Waals surface area contributed by atoms with Crippen molar-refractivity contribution in [2.24, 2.45) is 0 Å². The molecule has 0 aliphatic carbocycles. The molecule has 2 aromatic rings. The molecule has 1 N–H and O–H groups in total. The Morgan fingerprint density at radius 3 is 2.58 bits per heavy atom. The molecule has 0 saturated carbocycles. The Morgan fingerprint density at radius 1 is 1.17 bits per heavy atom. The van der Waals surface area contributed by atoms with E-state index >= 15 is 0 Å². The number of benzene rings is 1. The zero-order valence-corrected chi connectivity index (χ0v) is 13.7. The van der Waals surface area contributed by atoms with E-state index in [1.54, 1.807) is 18.3 Å². The van der Waals surface area contributed by atoms with Gasteiger partial charge in [-0.15, -0.1) is 0 Å². The molecule has 0 bridgehead atoms. The molecule has 126 valence electrons. The quantitative estimate of drug-likeness (QED) is 0.622. The molecule has 0 radical (unpaired) electrons. The maximum absolute atomic E-state index is 11.7. The number of pyridine rings is 1. The number of rotatable bonds is 7. The maximum atomic E-state index is 11.7. The molecule has 6 heteroatoms. The van der Waals surface area contributed by atoms with Crippen molar-refractivity contribution in [2.75, 3.05) is 19.8 Å². The largest absolute Gasteiger partial charge is 0.482 e. The van der Waals surface area contributed by atoms with Crippen molar-refractivity contribution in [1.82, 2.24) is 10.3 Å². The van der Waals surface area contributed by atoms with Crippen LogP contribution in [0.1, 0.15) is 21.5 Å². The molecule has 0 unspecified atom stereocenters. The lowest BCUT2D eigenvalue weighted by Crippen LogP contribution is -2.28. The van der Waals surface area contributed by atoms with Gasteiger partial charge in [0, 0.05) is 12.4 Å². The molecule has 1 heterocycles. The fourth-order valence-corrected chi connectivity index (χ4v) is 2.13. The smallest absolute Gasteiger partial charge is 0.344 e. The molecule has 1 amide bonds. The number of carbonyl (C=O) groups excluding carboxylic acids is 2. The van der Waals surface area contributed by atoms with Crippen LogP contribution < -0.4 is 10.1 Å². The van der Waals surface area contributed by atoms with Crippen LogP contribution >= 0.6 is 0 Å². The van der Waals surface area contributed by atoms with Crippen LogP contribution in [0.15, 0.2) is 42.7 Å². The van der Waals surface area contributed by atoms with Crippen LogP contribution in [-0.2, 0) is 9.53 Å². The summed E-state index contributed by atoms with van der Waals surface area (Å²) < 4.78 is 10.4. The van der Waals surface area contributed by atoms with Gasteiger partial charge >= 0.3 is 5.97 Å². The number of carbonyl (C=O) groups is 2. The van der Waals surface area contributed by atoms with Crippen molar-refractivity contribution in [3.05, 3.63) is 59.4 Å². The molecular weight excluding hydrogens is 308 g/mol. The number of aryl methyl sites for hydroxylation is 2. The fourth-order valence-electron chi connectivity index (χ4n) is 2.13. The SMILES string of the molecule is Cc1cc(C)cc(OCC(=O)OCCNC(=O)c2cccnc2)c1. The lowest BCUT2D eigenvalue weighted by atomic mass is 10.1. The third-order valence-corrected chi connectivity index (χ3v) is 3.13. The van der Waals surface area contributed by atoms with Crippen molar-refractivity contribution < 1.29 is 19.1 Å². The molecule has 0 aliphatic heterocycles. The van der Waals surface area contributed by atoms with Gasteiger partial charge in [-0.25, -0.2) is 4.79 Å². The molecule has 24 heavy (non-hydrogen) atoms. The van der Waals surface area contributed by atoms with Gasteiger partial charge in [-0.05, 0) is 49.2 Å². The van der Waals surface area contributed by atoms with E-state index in [1.807, 2.05) is 32.0 Å². The van der Waals surface area contributed by atoms with Gasteiger partial charge < -0.3 is 14.8 Å². The van der Waals surface area contributed by atoms with E-state index in [-0.39, 0.29) is 25.7 Å². The number of nitrogens with one attached hydrogen (secondary N) is 1. The third-order valence-electron chi connectivity index (χ3n) is 3.13. The monoisotopic (exact) mass is 328 g/mol. The first-order valence-corrected chi connectivity index (χ1v) is 7.59. The number of aromatic nitrogens is 1. The number of amides is 1. The van der Waals surface area contributed by atoms with Gasteiger partial charge in [0.1, 0.15) is 12.4 Å². The van der Waals surface area contributed by atoms with E-state index < -0.39 is 5.97 Å². The summed E-state index contributed by atoms with van der Waals surface area (Å²) in [6, 6.07) is 9.07. The van der Waals surface area contributed by atoms with Crippen molar-refractivity contribution in [2.45, 2.75) is 13.8 Å². The van der Waals surface area contributed by atoms with E-state index in [0.717, 1.165) is 11.1 Å². The normalized spacial score (nSPS) is 10.1. The van der Waals surface area contributed by atoms with Gasteiger partial charge in [0.25, 0.3) is 5.91 Å². The predicted octanol–water partition coefficient (Wildman–Crippen LogP) is 2.05. The topological polar surface area (TPSA) is 77.5 Å². The van der Waals surface area contributed by atoms with E-state index in [2.05, 4.69) is 10.3 Å². The number of hydrogen-bond donors (Lipinski definition) is 1. The van der Waals surface area contributed by atoms with Gasteiger partial charge in [0.2, 0.25) is 0 Å². The Labute approximate surface area is 140 Å². The third kappa shape index (κ3) is 5.72. The molecule has 0 atom stereocenters. The summed E-state index contributed by atoms with van der Waals surface area (Å²) in [5.41, 5.74) is 2.59. The van der Waals surface area contributed by atoms with E-state index in [4.69, 9.17) is 9.47 Å². The standard InChI is InChI=1S/C18H20N2O4/c1-13-8-14(2)10-16(9-13)24-12-17(21)23-7-6-20-18(22)15-4-3-5-19-11-15/h3-5,8-11H,6-7,12H2,1-2H3,(H,20,22). The highest BCUT2D eigenvalue weighted by Gasteiger charge is 2.07. The van der Waals surface area contributed by atoms with Crippen molar-refractivity contribution in [1.29, 1.82) is 0 Å². The summed E-state index contributed by atoms with van der Waals surface area (Å²) >= 11 is 0. The first-order chi connectivity index (χ1) is 11.5. The number of hydrogen-bond acceptors (Lipinski definition) is 5. The average Bonchev–Trinajstić information content (AvgIpc) is 2.56. The number of esters is 1. The Kier molecular flexibility index (Phi) is 6.31. The Morgan fingerprint density at radius 2 is 1.92 bits per heavy atom. The van der Waals surface area contributed by atoms with Crippen LogP contribution in [0.25, 0.3) is 0 Å². The molecule has 0 spiro atoms. The fraction of sp³-hybridized carbons (Fsp3) is 0.278. The second-order valence-electron chi connectivity index (χ2n) is 5.33. The highest BCUT2D eigenvalue weighted by atomic mass is 16.6. The molecular formula is C18H20N2O4. The van der Waals surface area contributed by atoms with Crippen LogP contribution in [0.2, 0.25) is 0 Å². The minimum Gasteiger partial charge on any atom is -0.482 e. The van der Waals surface area contributed by atoms with Crippen molar-refractivity contribution >= 4 is 11.9 Å². The predicted molar refractivity (Wildman–Crippen MR) is 88.9 cm³/mol. The van der Waals surface area contributed by atoms with Crippen LogP contribution in [0.3, 0.4) is 0 Å². The van der Waals surface area contributed by atoms with Gasteiger partial charge in [0.05, 0.1) is 12.1 Å².